The van der Waals surface area contributed by atoms with Crippen LogP contribution in [-0.2, 0) is 4.74 Å². The lowest BCUT2D eigenvalue weighted by molar-refractivity contribution is 0.00207. The first-order valence-electron chi connectivity index (χ1n) is 3.94. The Morgan fingerprint density at radius 2 is 2.00 bits per heavy atom. The number of hydrogen-bond donors (Lipinski definition) is 1. The Hall–Kier alpha value is -0.120. The molecule has 0 rings (SSSR count). The van der Waals surface area contributed by atoms with E-state index >= 15 is 0 Å². The maximum absolute atomic E-state index is 5.56. The summed E-state index contributed by atoms with van der Waals surface area (Å²) < 4.78 is 5.29. The van der Waals surface area contributed by atoms with Gasteiger partial charge in [-0.1, -0.05) is 0 Å². The van der Waals surface area contributed by atoms with Crippen molar-refractivity contribution in [1.82, 2.24) is 4.90 Å². The first-order valence-corrected chi connectivity index (χ1v) is 3.94. The summed E-state index contributed by atoms with van der Waals surface area (Å²) in [7, 11) is 5.81. The Kier molecular flexibility index (Phi) is 4.65. The summed E-state index contributed by atoms with van der Waals surface area (Å²) in [5, 5.41) is 0. The van der Waals surface area contributed by atoms with Gasteiger partial charge in [0.1, 0.15) is 0 Å². The smallest absolute Gasteiger partial charge is 0.0784 e. The second kappa shape index (κ2) is 4.70. The van der Waals surface area contributed by atoms with Crippen molar-refractivity contribution in [2.45, 2.75) is 18.9 Å². The highest BCUT2D eigenvalue weighted by Crippen LogP contribution is 2.11. The minimum Gasteiger partial charge on any atom is -0.377 e. The number of ether oxygens (including phenoxy) is 1. The van der Waals surface area contributed by atoms with Gasteiger partial charge in [0.25, 0.3) is 0 Å². The quantitative estimate of drug-likeness (QED) is 0.628. The van der Waals surface area contributed by atoms with E-state index in [1.807, 2.05) is 21.0 Å². The van der Waals surface area contributed by atoms with Gasteiger partial charge in [-0.15, -0.1) is 0 Å². The average Bonchev–Trinajstić information content (AvgIpc) is 2.00. The summed E-state index contributed by atoms with van der Waals surface area (Å²) in [4.78, 5) is 2.13. The Bertz CT molecular complexity index is 100. The Morgan fingerprint density at radius 1 is 1.45 bits per heavy atom. The lowest BCUT2D eigenvalue weighted by Crippen LogP contribution is -2.39. The van der Waals surface area contributed by atoms with Crippen molar-refractivity contribution < 1.29 is 4.74 Å². The van der Waals surface area contributed by atoms with Crippen LogP contribution >= 0.6 is 0 Å². The van der Waals surface area contributed by atoms with Gasteiger partial charge in [-0.2, -0.15) is 0 Å². The molecule has 3 heteroatoms. The van der Waals surface area contributed by atoms with E-state index in [2.05, 4.69) is 4.90 Å². The molecule has 3 nitrogen and oxygen atoms in total. The van der Waals surface area contributed by atoms with E-state index in [-0.39, 0.29) is 5.60 Å². The molecule has 0 aliphatic heterocycles. The molecular weight excluding hydrogens is 140 g/mol. The van der Waals surface area contributed by atoms with Crippen molar-refractivity contribution in [2.75, 3.05) is 34.3 Å². The third-order valence-electron chi connectivity index (χ3n) is 2.01. The highest BCUT2D eigenvalue weighted by atomic mass is 16.5. The molecule has 0 fully saturated rings. The predicted octanol–water partition coefficient (Wildman–Crippen LogP) is 0.302. The van der Waals surface area contributed by atoms with Crippen molar-refractivity contribution in [2.24, 2.45) is 5.73 Å². The molecule has 0 radical (unpaired) electrons. The lowest BCUT2D eigenvalue weighted by atomic mass is 10.0. The Labute approximate surface area is 69.5 Å². The van der Waals surface area contributed by atoms with Crippen LogP contribution in [-0.4, -0.2) is 44.8 Å². The van der Waals surface area contributed by atoms with Crippen LogP contribution < -0.4 is 5.73 Å². The standard InChI is InChI=1S/C8H20N2O/c1-8(7-9,11-4)5-6-10(2)3/h5-7,9H2,1-4H3. The van der Waals surface area contributed by atoms with Crippen LogP contribution in [0.3, 0.4) is 0 Å². The average molecular weight is 160 g/mol. The molecule has 0 amide bonds. The summed E-state index contributed by atoms with van der Waals surface area (Å²) in [6, 6.07) is 0. The first kappa shape index (κ1) is 10.9. The molecule has 0 saturated carbocycles. The summed E-state index contributed by atoms with van der Waals surface area (Å²) >= 11 is 0. The minimum atomic E-state index is -0.149. The van der Waals surface area contributed by atoms with Crippen LogP contribution in [0.15, 0.2) is 0 Å². The van der Waals surface area contributed by atoms with Crippen LogP contribution in [0.25, 0.3) is 0 Å². The Balaban J connectivity index is 3.69. The van der Waals surface area contributed by atoms with E-state index in [4.69, 9.17) is 10.5 Å². The summed E-state index contributed by atoms with van der Waals surface area (Å²) in [6.45, 7) is 3.63. The molecule has 68 valence electrons. The third-order valence-corrected chi connectivity index (χ3v) is 2.01. The van der Waals surface area contributed by atoms with Gasteiger partial charge in [-0.05, 0) is 27.4 Å². The number of rotatable bonds is 5. The fraction of sp³-hybridized carbons (Fsp3) is 1.00. The predicted molar refractivity (Wildman–Crippen MR) is 47.6 cm³/mol. The second-order valence-electron chi connectivity index (χ2n) is 3.41. The van der Waals surface area contributed by atoms with Gasteiger partial charge in [-0.3, -0.25) is 0 Å². The topological polar surface area (TPSA) is 38.5 Å². The molecule has 0 aromatic carbocycles. The molecule has 0 aromatic rings. The molecule has 0 aliphatic rings. The van der Waals surface area contributed by atoms with Gasteiger partial charge in [0.15, 0.2) is 0 Å². The molecule has 0 heterocycles. The normalized spacial score (nSPS) is 16.9. The molecule has 1 atom stereocenters. The van der Waals surface area contributed by atoms with E-state index in [0.29, 0.717) is 6.54 Å². The lowest BCUT2D eigenvalue weighted by Gasteiger charge is -2.27. The van der Waals surface area contributed by atoms with E-state index in [1.165, 1.54) is 0 Å². The van der Waals surface area contributed by atoms with Crippen molar-refractivity contribution >= 4 is 0 Å². The van der Waals surface area contributed by atoms with Crippen LogP contribution in [0.1, 0.15) is 13.3 Å². The summed E-state index contributed by atoms with van der Waals surface area (Å²) in [5.74, 6) is 0. The maximum atomic E-state index is 5.56. The first-order chi connectivity index (χ1) is 5.04. The van der Waals surface area contributed by atoms with Crippen molar-refractivity contribution in [3.05, 3.63) is 0 Å². The van der Waals surface area contributed by atoms with Gasteiger partial charge < -0.3 is 15.4 Å². The summed E-state index contributed by atoms with van der Waals surface area (Å²) in [6.07, 6.45) is 0.979. The molecule has 0 bridgehead atoms. The summed E-state index contributed by atoms with van der Waals surface area (Å²) in [5.41, 5.74) is 5.41. The Morgan fingerprint density at radius 3 is 2.27 bits per heavy atom. The van der Waals surface area contributed by atoms with Crippen molar-refractivity contribution in [3.63, 3.8) is 0 Å². The van der Waals surface area contributed by atoms with Crippen LogP contribution in [0.5, 0.6) is 0 Å². The molecule has 0 aliphatic carbocycles. The zero-order chi connectivity index (χ0) is 8.91. The van der Waals surface area contributed by atoms with Crippen LogP contribution in [0.4, 0.5) is 0 Å². The van der Waals surface area contributed by atoms with E-state index in [9.17, 15) is 0 Å². The van der Waals surface area contributed by atoms with Crippen LogP contribution in [0.2, 0.25) is 0 Å². The number of methoxy groups -OCH3 is 1. The molecule has 1 unspecified atom stereocenters. The largest absolute Gasteiger partial charge is 0.377 e. The van der Waals surface area contributed by atoms with Gasteiger partial charge in [0.05, 0.1) is 5.60 Å². The fourth-order valence-electron chi connectivity index (χ4n) is 0.748. The highest BCUT2D eigenvalue weighted by Gasteiger charge is 2.20. The molecule has 2 N–H and O–H groups in total. The van der Waals surface area contributed by atoms with E-state index in [1.54, 1.807) is 7.11 Å². The van der Waals surface area contributed by atoms with Crippen molar-refractivity contribution in [3.8, 4) is 0 Å². The van der Waals surface area contributed by atoms with Gasteiger partial charge in [-0.25, -0.2) is 0 Å². The van der Waals surface area contributed by atoms with E-state index in [0.717, 1.165) is 13.0 Å². The van der Waals surface area contributed by atoms with E-state index < -0.39 is 0 Å². The maximum Gasteiger partial charge on any atom is 0.0784 e. The van der Waals surface area contributed by atoms with Gasteiger partial charge in [0.2, 0.25) is 0 Å². The van der Waals surface area contributed by atoms with Gasteiger partial charge in [0, 0.05) is 20.2 Å². The molecule has 0 saturated heterocycles. The molecular formula is C8H20N2O. The van der Waals surface area contributed by atoms with Crippen LogP contribution in [0, 0.1) is 0 Å². The molecule has 0 aromatic heterocycles. The number of hydrogen-bond acceptors (Lipinski definition) is 3. The number of nitrogens with zero attached hydrogens (tertiary/aromatic N) is 1. The van der Waals surface area contributed by atoms with Crippen molar-refractivity contribution in [1.29, 1.82) is 0 Å². The van der Waals surface area contributed by atoms with Gasteiger partial charge >= 0.3 is 0 Å². The zero-order valence-electron chi connectivity index (χ0n) is 8.05. The third kappa shape index (κ3) is 4.35. The SMILES string of the molecule is COC(C)(CN)CCN(C)C. The number of nitrogens with two attached hydrogens (primary N) is 1. The molecule has 11 heavy (non-hydrogen) atoms. The second-order valence-corrected chi connectivity index (χ2v) is 3.41. The minimum absolute atomic E-state index is 0.149. The molecule has 0 spiro atoms. The monoisotopic (exact) mass is 160 g/mol. The zero-order valence-corrected chi connectivity index (χ0v) is 8.05. The fourth-order valence-corrected chi connectivity index (χ4v) is 0.748. The highest BCUT2D eigenvalue weighted by molar-refractivity contribution is 4.76.